The second kappa shape index (κ2) is 9.63. The number of nitrogens with one attached hydrogen (secondary N) is 1. The van der Waals surface area contributed by atoms with Gasteiger partial charge < -0.3 is 9.45 Å². The van der Waals surface area contributed by atoms with E-state index in [9.17, 15) is 4.79 Å². The monoisotopic (exact) mass is 301 g/mol. The van der Waals surface area contributed by atoms with E-state index in [0.29, 0.717) is 6.26 Å². The maximum Gasteiger partial charge on any atom is 0.150 e. The molecule has 0 fully saturated rings. The van der Waals surface area contributed by atoms with Crippen LogP contribution < -0.4 is 4.90 Å². The van der Waals surface area contributed by atoms with Gasteiger partial charge in [-0.3, -0.25) is 4.79 Å². The molecule has 0 spiro atoms. The van der Waals surface area contributed by atoms with Crippen molar-refractivity contribution >= 4 is 22.1 Å². The van der Waals surface area contributed by atoms with Gasteiger partial charge in [-0.25, -0.2) is 8.42 Å². The molecular formula is C14H23NO4S. The Morgan fingerprint density at radius 2 is 1.50 bits per heavy atom. The zero-order valence-corrected chi connectivity index (χ0v) is 13.1. The lowest BCUT2D eigenvalue weighted by Crippen LogP contribution is -3.07. The Morgan fingerprint density at radius 3 is 1.80 bits per heavy atom. The lowest BCUT2D eigenvalue weighted by Gasteiger charge is -2.17. The van der Waals surface area contributed by atoms with Gasteiger partial charge in [0.15, 0.2) is 0 Å². The maximum absolute atomic E-state index is 10.5. The summed E-state index contributed by atoms with van der Waals surface area (Å²) in [4.78, 5) is 12.0. The van der Waals surface area contributed by atoms with Crippen LogP contribution in [0.3, 0.4) is 0 Å². The maximum atomic E-state index is 10.5. The van der Waals surface area contributed by atoms with Crippen LogP contribution in [-0.4, -0.2) is 38.6 Å². The van der Waals surface area contributed by atoms with E-state index in [-0.39, 0.29) is 0 Å². The summed E-state index contributed by atoms with van der Waals surface area (Å²) in [5.74, 6) is 0. The summed E-state index contributed by atoms with van der Waals surface area (Å²) in [5, 5.41) is 0. The number of aldehydes is 1. The minimum atomic E-state index is -3.92. The quantitative estimate of drug-likeness (QED) is 0.628. The highest BCUT2D eigenvalue weighted by Gasteiger charge is 2.09. The molecule has 0 aliphatic rings. The lowest BCUT2D eigenvalue weighted by atomic mass is 10.2. The first-order chi connectivity index (χ1) is 9.31. The zero-order valence-electron chi connectivity index (χ0n) is 12.3. The SMILES string of the molecule is CCC[NH+](CCC)c1ccc(C=O)cc1.CS(=O)(=O)[O-]. The van der Waals surface area contributed by atoms with Gasteiger partial charge in [0.05, 0.1) is 23.2 Å². The average Bonchev–Trinajstić information content (AvgIpc) is 2.37. The van der Waals surface area contributed by atoms with Crippen molar-refractivity contribution in [3.8, 4) is 0 Å². The van der Waals surface area contributed by atoms with Crippen LogP contribution in [0.4, 0.5) is 5.69 Å². The van der Waals surface area contributed by atoms with Gasteiger partial charge in [0.2, 0.25) is 0 Å². The Balaban J connectivity index is 0.000000621. The number of carbonyl (C=O) groups is 1. The van der Waals surface area contributed by atoms with Crippen molar-refractivity contribution in [1.82, 2.24) is 0 Å². The number of carbonyl (C=O) groups excluding carboxylic acids is 1. The highest BCUT2D eigenvalue weighted by Crippen LogP contribution is 2.03. The Hall–Kier alpha value is -1.24. The lowest BCUT2D eigenvalue weighted by molar-refractivity contribution is -0.832. The van der Waals surface area contributed by atoms with Crippen LogP contribution in [0.1, 0.15) is 37.0 Å². The van der Waals surface area contributed by atoms with Crippen LogP contribution in [0.5, 0.6) is 0 Å². The summed E-state index contributed by atoms with van der Waals surface area (Å²) < 4.78 is 27.2. The number of hydrogen-bond acceptors (Lipinski definition) is 4. The largest absolute Gasteiger partial charge is 0.748 e. The van der Waals surface area contributed by atoms with Crippen molar-refractivity contribution in [3.63, 3.8) is 0 Å². The molecule has 0 atom stereocenters. The normalized spacial score (nSPS) is 10.8. The van der Waals surface area contributed by atoms with Crippen LogP contribution in [0.15, 0.2) is 24.3 Å². The third kappa shape index (κ3) is 9.66. The van der Waals surface area contributed by atoms with E-state index < -0.39 is 10.1 Å². The van der Waals surface area contributed by atoms with Gasteiger partial charge in [-0.15, -0.1) is 0 Å². The summed E-state index contributed by atoms with van der Waals surface area (Å²) in [5.41, 5.74) is 2.05. The summed E-state index contributed by atoms with van der Waals surface area (Å²) in [7, 11) is -3.92. The van der Waals surface area contributed by atoms with Gasteiger partial charge in [0.25, 0.3) is 0 Å². The van der Waals surface area contributed by atoms with Gasteiger partial charge in [-0.05, 0) is 37.1 Å². The molecule has 114 valence electrons. The Bertz CT molecular complexity index is 468. The molecule has 1 N–H and O–H groups in total. The summed E-state index contributed by atoms with van der Waals surface area (Å²) in [6.07, 6.45) is 3.87. The van der Waals surface area contributed by atoms with Gasteiger partial charge in [-0.1, -0.05) is 13.8 Å². The second-order valence-corrected chi connectivity index (χ2v) is 5.96. The molecule has 0 saturated heterocycles. The average molecular weight is 301 g/mol. The van der Waals surface area contributed by atoms with Crippen LogP contribution >= 0.6 is 0 Å². The van der Waals surface area contributed by atoms with Crippen molar-refractivity contribution in [2.45, 2.75) is 26.7 Å². The summed E-state index contributed by atoms with van der Waals surface area (Å²) in [6.45, 7) is 6.73. The topological polar surface area (TPSA) is 78.7 Å². The summed E-state index contributed by atoms with van der Waals surface area (Å²) >= 11 is 0. The van der Waals surface area contributed by atoms with E-state index in [1.165, 1.54) is 23.4 Å². The first-order valence-corrected chi connectivity index (χ1v) is 8.44. The van der Waals surface area contributed by atoms with Crippen LogP contribution in [-0.2, 0) is 10.1 Å². The van der Waals surface area contributed by atoms with Crippen molar-refractivity contribution in [2.24, 2.45) is 0 Å². The van der Waals surface area contributed by atoms with Crippen molar-refractivity contribution in [2.75, 3.05) is 19.3 Å². The second-order valence-electron chi connectivity index (χ2n) is 4.55. The van der Waals surface area contributed by atoms with E-state index in [4.69, 9.17) is 13.0 Å². The van der Waals surface area contributed by atoms with Gasteiger partial charge in [0, 0.05) is 11.8 Å². The van der Waals surface area contributed by atoms with Gasteiger partial charge >= 0.3 is 0 Å². The molecule has 0 unspecified atom stereocenters. The minimum absolute atomic E-state index is 0.604. The van der Waals surface area contributed by atoms with Gasteiger partial charge in [-0.2, -0.15) is 0 Å². The number of quaternary nitrogens is 1. The molecule has 0 amide bonds. The van der Waals surface area contributed by atoms with E-state index in [1.807, 2.05) is 12.1 Å². The highest BCUT2D eigenvalue weighted by atomic mass is 32.2. The summed E-state index contributed by atoms with van der Waals surface area (Å²) in [6, 6.07) is 7.91. The molecule has 0 aliphatic carbocycles. The smallest absolute Gasteiger partial charge is 0.150 e. The molecule has 0 radical (unpaired) electrons. The Labute approximate surface area is 121 Å². The van der Waals surface area contributed by atoms with Crippen molar-refractivity contribution in [3.05, 3.63) is 29.8 Å². The van der Waals surface area contributed by atoms with Crippen molar-refractivity contribution in [1.29, 1.82) is 0 Å². The fourth-order valence-corrected chi connectivity index (χ4v) is 1.81. The highest BCUT2D eigenvalue weighted by molar-refractivity contribution is 7.84. The molecule has 20 heavy (non-hydrogen) atoms. The van der Waals surface area contributed by atoms with Crippen LogP contribution in [0.2, 0.25) is 0 Å². The molecule has 5 nitrogen and oxygen atoms in total. The third-order valence-electron chi connectivity index (χ3n) is 2.56. The molecule has 1 rings (SSSR count). The third-order valence-corrected chi connectivity index (χ3v) is 2.56. The van der Waals surface area contributed by atoms with E-state index >= 15 is 0 Å². The molecule has 0 heterocycles. The first kappa shape index (κ1) is 18.8. The van der Waals surface area contributed by atoms with Crippen LogP contribution in [0, 0.1) is 0 Å². The van der Waals surface area contributed by atoms with Crippen LogP contribution in [0.25, 0.3) is 0 Å². The molecule has 0 saturated carbocycles. The van der Waals surface area contributed by atoms with E-state index in [1.54, 1.807) is 0 Å². The zero-order chi connectivity index (χ0) is 15.6. The Kier molecular flexibility index (Phi) is 9.03. The van der Waals surface area contributed by atoms with E-state index in [2.05, 4.69) is 26.0 Å². The number of rotatable bonds is 6. The van der Waals surface area contributed by atoms with Gasteiger partial charge in [0.1, 0.15) is 12.0 Å². The fourth-order valence-electron chi connectivity index (χ4n) is 1.81. The molecule has 0 aromatic heterocycles. The number of hydrogen-bond donors (Lipinski definition) is 1. The standard InChI is InChI=1S/C13H19NO.CH4O3S/c1-3-9-14(10-4-2)13-7-5-12(11-15)6-8-13;1-5(2,3)4/h5-8,11H,3-4,9-10H2,1-2H3;1H3,(H,2,3,4). The fraction of sp³-hybridized carbons (Fsp3) is 0.500. The molecule has 0 aliphatic heterocycles. The Morgan fingerprint density at radius 1 is 1.10 bits per heavy atom. The minimum Gasteiger partial charge on any atom is -0.748 e. The molecule has 1 aromatic carbocycles. The predicted octanol–water partition coefficient (Wildman–Crippen LogP) is 0.997. The van der Waals surface area contributed by atoms with Crippen molar-refractivity contribution < 1.29 is 22.7 Å². The number of benzene rings is 1. The van der Waals surface area contributed by atoms with E-state index in [0.717, 1.165) is 24.9 Å². The molecular weight excluding hydrogens is 278 g/mol. The first-order valence-electron chi connectivity index (χ1n) is 6.63. The molecule has 1 aromatic rings. The predicted molar refractivity (Wildman–Crippen MR) is 78.4 cm³/mol. The molecule has 0 bridgehead atoms. The molecule has 6 heteroatoms.